The molecule has 0 aliphatic heterocycles. The van der Waals surface area contributed by atoms with Crippen molar-refractivity contribution in [3.05, 3.63) is 46.2 Å². The average Bonchev–Trinajstić information content (AvgIpc) is 2.88. The third-order valence-electron chi connectivity index (χ3n) is 3.93. The lowest BCUT2D eigenvalue weighted by Crippen LogP contribution is -2.32. The molecule has 23 heavy (non-hydrogen) atoms. The fourth-order valence-electron chi connectivity index (χ4n) is 2.54. The molecule has 1 aromatic carbocycles. The van der Waals surface area contributed by atoms with E-state index in [1.54, 1.807) is 12.1 Å². The summed E-state index contributed by atoms with van der Waals surface area (Å²) >= 11 is 5.31. The number of nitrogens with one attached hydrogen (secondary N) is 1. The van der Waals surface area contributed by atoms with Gasteiger partial charge in [-0.25, -0.2) is 9.07 Å². The molecule has 0 saturated heterocycles. The molecule has 1 aromatic heterocycles. The Morgan fingerprint density at radius 1 is 1.26 bits per heavy atom. The number of halogens is 1. The van der Waals surface area contributed by atoms with E-state index >= 15 is 0 Å². The van der Waals surface area contributed by atoms with Crippen molar-refractivity contribution in [2.24, 2.45) is 0 Å². The summed E-state index contributed by atoms with van der Waals surface area (Å²) in [5, 5.41) is 3.20. The van der Waals surface area contributed by atoms with Gasteiger partial charge in [-0.05, 0) is 55.9 Å². The van der Waals surface area contributed by atoms with Crippen LogP contribution in [0.25, 0.3) is 12.2 Å². The van der Waals surface area contributed by atoms with Gasteiger partial charge >= 0.3 is 0 Å². The molecule has 4 nitrogen and oxygen atoms in total. The minimum Gasteiger partial charge on any atom is -0.285 e. The smallest absolute Gasteiger partial charge is 0.217 e. The van der Waals surface area contributed by atoms with Gasteiger partial charge in [0.15, 0.2) is 0 Å². The maximum absolute atomic E-state index is 12.9. The van der Waals surface area contributed by atoms with Gasteiger partial charge in [0.1, 0.15) is 11.6 Å². The highest BCUT2D eigenvalue weighted by Gasteiger charge is 2.11. The van der Waals surface area contributed by atoms with Crippen molar-refractivity contribution in [1.82, 2.24) is 19.7 Å². The molecule has 0 radical (unpaired) electrons. The molecule has 1 N–H and O–H groups in total. The second-order valence-corrected chi connectivity index (χ2v) is 5.94. The van der Waals surface area contributed by atoms with E-state index in [1.165, 1.54) is 12.1 Å². The molecule has 0 fully saturated rings. The number of hydrogen-bond acceptors (Lipinski definition) is 3. The number of rotatable bonds is 7. The number of aromatic nitrogens is 3. The van der Waals surface area contributed by atoms with Gasteiger partial charge in [-0.2, -0.15) is 4.98 Å². The van der Waals surface area contributed by atoms with Gasteiger partial charge in [0.25, 0.3) is 0 Å². The van der Waals surface area contributed by atoms with Crippen molar-refractivity contribution in [1.29, 1.82) is 0 Å². The summed E-state index contributed by atoms with van der Waals surface area (Å²) in [7, 11) is 2.09. The fourth-order valence-corrected chi connectivity index (χ4v) is 2.75. The number of nitrogens with zero attached hydrogens (tertiary/aromatic N) is 3. The van der Waals surface area contributed by atoms with E-state index in [2.05, 4.69) is 35.9 Å². The third kappa shape index (κ3) is 4.84. The number of hydrogen-bond donors (Lipinski definition) is 1. The first-order chi connectivity index (χ1) is 11.0. The van der Waals surface area contributed by atoms with Crippen molar-refractivity contribution >= 4 is 24.4 Å². The molecule has 2 rings (SSSR count). The van der Waals surface area contributed by atoms with Crippen molar-refractivity contribution in [3.63, 3.8) is 0 Å². The molecule has 0 atom stereocenters. The van der Waals surface area contributed by atoms with Crippen molar-refractivity contribution in [2.75, 3.05) is 7.05 Å². The summed E-state index contributed by atoms with van der Waals surface area (Å²) in [5.74, 6) is 0.451. The van der Waals surface area contributed by atoms with E-state index in [9.17, 15) is 4.39 Å². The minimum absolute atomic E-state index is 0.240. The zero-order valence-electron chi connectivity index (χ0n) is 13.8. The summed E-state index contributed by atoms with van der Waals surface area (Å²) in [6, 6.07) is 6.84. The lowest BCUT2D eigenvalue weighted by atomic mass is 10.1. The number of benzene rings is 1. The molecule has 0 unspecified atom stereocenters. The Kier molecular flexibility index (Phi) is 6.24. The van der Waals surface area contributed by atoms with Crippen molar-refractivity contribution < 1.29 is 4.39 Å². The average molecular weight is 334 g/mol. The molecule has 0 saturated carbocycles. The summed E-state index contributed by atoms with van der Waals surface area (Å²) in [6.07, 6.45) is 5.93. The van der Waals surface area contributed by atoms with E-state index in [0.29, 0.717) is 23.3 Å². The predicted octanol–water partition coefficient (Wildman–Crippen LogP) is 4.33. The fraction of sp³-hybridized carbons (Fsp3) is 0.412. The van der Waals surface area contributed by atoms with Gasteiger partial charge in [0, 0.05) is 6.04 Å². The highest BCUT2D eigenvalue weighted by atomic mass is 32.1. The molecule has 2 aromatic rings. The molecule has 124 valence electrons. The largest absolute Gasteiger partial charge is 0.285 e. The number of aromatic amines is 1. The quantitative estimate of drug-likeness (QED) is 0.766. The van der Waals surface area contributed by atoms with Crippen LogP contribution < -0.4 is 0 Å². The van der Waals surface area contributed by atoms with Crippen LogP contribution in [-0.4, -0.2) is 32.8 Å². The maximum atomic E-state index is 12.9. The van der Waals surface area contributed by atoms with Gasteiger partial charge in [0.05, 0.1) is 6.67 Å². The van der Waals surface area contributed by atoms with Gasteiger partial charge in [-0.1, -0.05) is 32.1 Å². The zero-order chi connectivity index (χ0) is 16.8. The molecule has 1 heterocycles. The molecule has 0 bridgehead atoms. The Morgan fingerprint density at radius 2 is 1.91 bits per heavy atom. The summed E-state index contributed by atoms with van der Waals surface area (Å²) in [5.41, 5.74) is 0.911. The van der Waals surface area contributed by atoms with E-state index in [0.717, 1.165) is 18.4 Å². The van der Waals surface area contributed by atoms with E-state index < -0.39 is 0 Å². The third-order valence-corrected chi connectivity index (χ3v) is 4.24. The van der Waals surface area contributed by atoms with Crippen molar-refractivity contribution in [3.8, 4) is 0 Å². The Morgan fingerprint density at radius 3 is 2.52 bits per heavy atom. The van der Waals surface area contributed by atoms with Crippen LogP contribution in [-0.2, 0) is 6.67 Å². The van der Waals surface area contributed by atoms with Gasteiger partial charge < -0.3 is 0 Å². The normalized spacial score (nSPS) is 11.9. The van der Waals surface area contributed by atoms with Crippen LogP contribution in [0.2, 0.25) is 0 Å². The Balaban J connectivity index is 2.08. The Hall–Kier alpha value is -1.79. The molecule has 0 amide bonds. The van der Waals surface area contributed by atoms with Crippen LogP contribution in [0.15, 0.2) is 24.3 Å². The lowest BCUT2D eigenvalue weighted by molar-refractivity contribution is 0.172. The summed E-state index contributed by atoms with van der Waals surface area (Å²) in [4.78, 5) is 6.61. The SMILES string of the molecule is CCC(CC)N(C)Cn1[nH]c(C=Cc2ccc(F)cc2)nc1=S. The van der Waals surface area contributed by atoms with Crippen LogP contribution in [0.3, 0.4) is 0 Å². The van der Waals surface area contributed by atoms with Gasteiger partial charge in [-0.15, -0.1) is 0 Å². The maximum Gasteiger partial charge on any atom is 0.217 e. The Bertz CT molecular complexity index is 698. The first-order valence-electron chi connectivity index (χ1n) is 7.84. The molecule has 6 heteroatoms. The topological polar surface area (TPSA) is 36.9 Å². The summed E-state index contributed by atoms with van der Waals surface area (Å²) in [6.45, 7) is 5.06. The predicted molar refractivity (Wildman–Crippen MR) is 94.9 cm³/mol. The Labute approximate surface area is 141 Å². The number of H-pyrrole nitrogens is 1. The van der Waals surface area contributed by atoms with E-state index in [-0.39, 0.29) is 5.82 Å². The first kappa shape index (κ1) is 17.6. The highest BCUT2D eigenvalue weighted by Crippen LogP contribution is 2.09. The molecule has 0 aliphatic carbocycles. The van der Waals surface area contributed by atoms with Crippen LogP contribution in [0.5, 0.6) is 0 Å². The molecular formula is C17H23FN4S. The van der Waals surface area contributed by atoms with E-state index in [4.69, 9.17) is 12.2 Å². The lowest BCUT2D eigenvalue weighted by Gasteiger charge is -2.25. The zero-order valence-corrected chi connectivity index (χ0v) is 14.6. The second-order valence-electron chi connectivity index (χ2n) is 5.57. The summed E-state index contributed by atoms with van der Waals surface area (Å²) < 4.78 is 15.3. The molecule has 0 aliphatic rings. The molecule has 0 spiro atoms. The van der Waals surface area contributed by atoms with E-state index in [1.807, 2.05) is 16.8 Å². The molecular weight excluding hydrogens is 311 g/mol. The van der Waals surface area contributed by atoms with Crippen LogP contribution in [0.1, 0.15) is 38.1 Å². The monoisotopic (exact) mass is 334 g/mol. The van der Waals surface area contributed by atoms with Crippen molar-refractivity contribution in [2.45, 2.75) is 39.4 Å². The second kappa shape index (κ2) is 8.17. The standard InChI is InChI=1S/C17H23FN4S/c1-4-15(5-2)21(3)12-22-17(23)19-16(20-22)11-8-13-6-9-14(18)10-7-13/h6-11,15H,4-5,12H2,1-3H3,(H,19,20,23). The van der Waals surface area contributed by atoms with Gasteiger partial charge in [-0.3, -0.25) is 10.00 Å². The van der Waals surface area contributed by atoms with Crippen LogP contribution >= 0.6 is 12.2 Å². The van der Waals surface area contributed by atoms with Crippen LogP contribution in [0, 0.1) is 10.6 Å². The first-order valence-corrected chi connectivity index (χ1v) is 8.25. The van der Waals surface area contributed by atoms with Gasteiger partial charge in [0.2, 0.25) is 4.77 Å². The van der Waals surface area contributed by atoms with Crippen LogP contribution in [0.4, 0.5) is 4.39 Å². The highest BCUT2D eigenvalue weighted by molar-refractivity contribution is 7.71. The minimum atomic E-state index is -0.240.